The third-order valence-electron chi connectivity index (χ3n) is 3.16. The summed E-state index contributed by atoms with van der Waals surface area (Å²) in [5.74, 6) is -2.35. The van der Waals surface area contributed by atoms with E-state index in [1.807, 2.05) is 24.3 Å². The van der Waals surface area contributed by atoms with Crippen LogP contribution in [0.25, 0.3) is 0 Å². The van der Waals surface area contributed by atoms with E-state index in [0.29, 0.717) is 12.8 Å². The number of methoxy groups -OCH3 is 1. The average molecular weight is 278 g/mol. The summed E-state index contributed by atoms with van der Waals surface area (Å²) in [6.07, 6.45) is 0.882. The van der Waals surface area contributed by atoms with Crippen molar-refractivity contribution in [1.29, 1.82) is 0 Å². The maximum Gasteiger partial charge on any atom is 0.323 e. The molecule has 1 heterocycles. The lowest BCUT2D eigenvalue weighted by Crippen LogP contribution is -2.46. The van der Waals surface area contributed by atoms with Gasteiger partial charge in [-0.15, -0.1) is 0 Å². The number of benzene rings is 1. The zero-order chi connectivity index (χ0) is 14.8. The monoisotopic (exact) mass is 278 g/mol. The lowest BCUT2D eigenvalue weighted by molar-refractivity contribution is -0.240. The van der Waals surface area contributed by atoms with Gasteiger partial charge in [-0.05, 0) is 24.5 Å². The molecule has 1 aliphatic rings. The van der Waals surface area contributed by atoms with E-state index >= 15 is 0 Å². The highest BCUT2D eigenvalue weighted by molar-refractivity contribution is 5.96. The van der Waals surface area contributed by atoms with Crippen LogP contribution in [0.5, 0.6) is 5.75 Å². The van der Waals surface area contributed by atoms with Gasteiger partial charge in [0.05, 0.1) is 7.11 Å². The number of carbonyl (C=O) groups excluding carboxylic acids is 2. The van der Waals surface area contributed by atoms with Crippen LogP contribution in [-0.4, -0.2) is 24.8 Å². The van der Waals surface area contributed by atoms with Crippen LogP contribution in [0.4, 0.5) is 0 Å². The van der Waals surface area contributed by atoms with Crippen LogP contribution < -0.4 is 4.74 Å². The summed E-state index contributed by atoms with van der Waals surface area (Å²) in [6, 6.07) is 7.50. The Bertz CT molecular complexity index is 501. The Labute approximate surface area is 117 Å². The second-order valence-electron chi connectivity index (χ2n) is 5.15. The van der Waals surface area contributed by atoms with Crippen molar-refractivity contribution in [3.05, 3.63) is 29.8 Å². The van der Waals surface area contributed by atoms with Gasteiger partial charge in [-0.2, -0.15) is 0 Å². The van der Waals surface area contributed by atoms with Crippen molar-refractivity contribution in [2.24, 2.45) is 5.92 Å². The predicted molar refractivity (Wildman–Crippen MR) is 71.1 cm³/mol. The first-order valence-electron chi connectivity index (χ1n) is 6.50. The molecule has 5 nitrogen and oxygen atoms in total. The minimum absolute atomic E-state index is 0.341. The molecule has 1 aromatic carbocycles. The Morgan fingerprint density at radius 2 is 1.75 bits per heavy atom. The van der Waals surface area contributed by atoms with E-state index in [0.717, 1.165) is 11.3 Å². The van der Waals surface area contributed by atoms with Crippen molar-refractivity contribution in [1.82, 2.24) is 0 Å². The van der Waals surface area contributed by atoms with Crippen LogP contribution in [0.15, 0.2) is 24.3 Å². The fourth-order valence-electron chi connectivity index (χ4n) is 2.19. The van der Waals surface area contributed by atoms with Crippen molar-refractivity contribution >= 4 is 11.9 Å². The molecule has 0 atom stereocenters. The zero-order valence-electron chi connectivity index (χ0n) is 11.8. The molecule has 1 saturated heterocycles. The third kappa shape index (κ3) is 3.10. The number of hydrogen-bond donors (Lipinski definition) is 0. The highest BCUT2D eigenvalue weighted by Gasteiger charge is 2.42. The largest absolute Gasteiger partial charge is 0.496 e. The SMILES string of the molecule is COc1ccccc1CCC1C(=O)OC(C)(C)OC1=O. The first kappa shape index (κ1) is 14.4. The van der Waals surface area contributed by atoms with E-state index in [-0.39, 0.29) is 0 Å². The summed E-state index contributed by atoms with van der Waals surface area (Å²) in [4.78, 5) is 23.7. The maximum absolute atomic E-state index is 11.8. The molecule has 0 spiro atoms. The summed E-state index contributed by atoms with van der Waals surface area (Å²) < 4.78 is 15.4. The summed E-state index contributed by atoms with van der Waals surface area (Å²) in [5.41, 5.74) is 0.945. The Hall–Kier alpha value is -2.04. The number of rotatable bonds is 4. The molecule has 1 aromatic rings. The topological polar surface area (TPSA) is 61.8 Å². The molecule has 1 aliphatic heterocycles. The molecule has 5 heteroatoms. The van der Waals surface area contributed by atoms with Gasteiger partial charge in [-0.1, -0.05) is 18.2 Å². The fourth-order valence-corrected chi connectivity index (χ4v) is 2.19. The number of para-hydroxylation sites is 1. The van der Waals surface area contributed by atoms with E-state index in [1.54, 1.807) is 21.0 Å². The molecule has 0 saturated carbocycles. The molecule has 0 N–H and O–H groups in total. The number of aryl methyl sites for hydroxylation is 1. The van der Waals surface area contributed by atoms with E-state index in [4.69, 9.17) is 14.2 Å². The zero-order valence-corrected chi connectivity index (χ0v) is 11.8. The quantitative estimate of drug-likeness (QED) is 0.623. The molecule has 1 fully saturated rings. The third-order valence-corrected chi connectivity index (χ3v) is 3.16. The highest BCUT2D eigenvalue weighted by Crippen LogP contribution is 2.27. The predicted octanol–water partition coefficient (Wildman–Crippen LogP) is 2.08. The van der Waals surface area contributed by atoms with Crippen molar-refractivity contribution in [2.45, 2.75) is 32.5 Å². The minimum Gasteiger partial charge on any atom is -0.496 e. The Kier molecular flexibility index (Phi) is 3.97. The number of carbonyl (C=O) groups is 2. The smallest absolute Gasteiger partial charge is 0.323 e. The van der Waals surface area contributed by atoms with Gasteiger partial charge in [-0.25, -0.2) is 0 Å². The van der Waals surface area contributed by atoms with Gasteiger partial charge in [0.15, 0.2) is 5.92 Å². The van der Waals surface area contributed by atoms with Gasteiger partial charge in [0.1, 0.15) is 5.75 Å². The highest BCUT2D eigenvalue weighted by atomic mass is 16.7. The van der Waals surface area contributed by atoms with E-state index < -0.39 is 23.6 Å². The summed E-state index contributed by atoms with van der Waals surface area (Å²) in [6.45, 7) is 3.08. The fraction of sp³-hybridized carbons (Fsp3) is 0.467. The van der Waals surface area contributed by atoms with Gasteiger partial charge in [0.25, 0.3) is 5.79 Å². The lowest BCUT2D eigenvalue weighted by atomic mass is 9.98. The Balaban J connectivity index is 2.04. The van der Waals surface area contributed by atoms with E-state index in [1.165, 1.54) is 0 Å². The molecule has 20 heavy (non-hydrogen) atoms. The molecule has 108 valence electrons. The van der Waals surface area contributed by atoms with Crippen LogP contribution >= 0.6 is 0 Å². The summed E-state index contributed by atoms with van der Waals surface area (Å²) >= 11 is 0. The number of ether oxygens (including phenoxy) is 3. The van der Waals surface area contributed by atoms with Gasteiger partial charge in [-0.3, -0.25) is 9.59 Å². The number of cyclic esters (lactones) is 2. The van der Waals surface area contributed by atoms with Gasteiger partial charge in [0, 0.05) is 13.8 Å². The van der Waals surface area contributed by atoms with Crippen LogP contribution in [0.3, 0.4) is 0 Å². The van der Waals surface area contributed by atoms with Gasteiger partial charge in [0.2, 0.25) is 0 Å². The van der Waals surface area contributed by atoms with Crippen molar-refractivity contribution < 1.29 is 23.8 Å². The molecular weight excluding hydrogens is 260 g/mol. The lowest BCUT2D eigenvalue weighted by Gasteiger charge is -2.32. The number of hydrogen-bond acceptors (Lipinski definition) is 5. The second-order valence-corrected chi connectivity index (χ2v) is 5.15. The molecule has 0 aliphatic carbocycles. The number of esters is 2. The van der Waals surface area contributed by atoms with E-state index in [2.05, 4.69) is 0 Å². The van der Waals surface area contributed by atoms with Crippen molar-refractivity contribution in [2.75, 3.05) is 7.11 Å². The Morgan fingerprint density at radius 3 is 2.35 bits per heavy atom. The average Bonchev–Trinajstić information content (AvgIpc) is 2.36. The van der Waals surface area contributed by atoms with Gasteiger partial charge >= 0.3 is 11.9 Å². The normalized spacial score (nSPS) is 18.4. The molecule has 2 rings (SSSR count). The molecule has 0 amide bonds. The second kappa shape index (κ2) is 5.53. The van der Waals surface area contributed by atoms with Crippen LogP contribution in [0.1, 0.15) is 25.8 Å². The first-order chi connectivity index (χ1) is 9.43. The van der Waals surface area contributed by atoms with Crippen molar-refractivity contribution in [3.8, 4) is 5.75 Å². The molecular formula is C15H18O5. The minimum atomic E-state index is -1.17. The van der Waals surface area contributed by atoms with Crippen LogP contribution in [0.2, 0.25) is 0 Å². The van der Waals surface area contributed by atoms with Gasteiger partial charge < -0.3 is 14.2 Å². The van der Waals surface area contributed by atoms with Crippen LogP contribution in [-0.2, 0) is 25.5 Å². The first-order valence-corrected chi connectivity index (χ1v) is 6.50. The summed E-state index contributed by atoms with van der Waals surface area (Å²) in [5, 5.41) is 0. The summed E-state index contributed by atoms with van der Waals surface area (Å²) in [7, 11) is 1.59. The molecule has 0 radical (unpaired) electrons. The maximum atomic E-state index is 11.8. The molecule has 0 unspecified atom stereocenters. The standard InChI is InChI=1S/C15H18O5/c1-15(2)19-13(16)11(14(17)20-15)9-8-10-6-4-5-7-12(10)18-3/h4-7,11H,8-9H2,1-3H3. The van der Waals surface area contributed by atoms with E-state index in [9.17, 15) is 9.59 Å². The molecule has 0 aromatic heterocycles. The van der Waals surface area contributed by atoms with Crippen LogP contribution in [0, 0.1) is 5.92 Å². The molecule has 0 bridgehead atoms. The Morgan fingerprint density at radius 1 is 1.15 bits per heavy atom. The van der Waals surface area contributed by atoms with Crippen molar-refractivity contribution in [3.63, 3.8) is 0 Å².